The van der Waals surface area contributed by atoms with Gasteiger partial charge in [0.25, 0.3) is 11.5 Å². The van der Waals surface area contributed by atoms with E-state index in [2.05, 4.69) is 10.4 Å². The summed E-state index contributed by atoms with van der Waals surface area (Å²) in [7, 11) is 3.69. The molecule has 0 aliphatic rings. The first-order valence-electron chi connectivity index (χ1n) is 9.44. The molecule has 0 radical (unpaired) electrons. The van der Waals surface area contributed by atoms with Crippen molar-refractivity contribution in [1.29, 1.82) is 0 Å². The molecule has 31 heavy (non-hydrogen) atoms. The zero-order chi connectivity index (χ0) is 22.5. The molecule has 3 rings (SSSR count). The van der Waals surface area contributed by atoms with Crippen LogP contribution in [0.1, 0.15) is 16.1 Å². The summed E-state index contributed by atoms with van der Waals surface area (Å²) in [4.78, 5) is 40.5. The van der Waals surface area contributed by atoms with E-state index in [1.165, 1.54) is 24.3 Å². The normalized spacial score (nSPS) is 11.0. The van der Waals surface area contributed by atoms with Crippen LogP contribution in [0.3, 0.4) is 0 Å². The van der Waals surface area contributed by atoms with E-state index in [1.54, 1.807) is 24.3 Å². The fraction of sp³-hybridized carbons (Fsp3) is 0.238. The number of hydrogen-bond acceptors (Lipinski definition) is 5. The Hall–Kier alpha value is -3.30. The summed E-state index contributed by atoms with van der Waals surface area (Å²) in [6, 6.07) is 11.8. The lowest BCUT2D eigenvalue weighted by molar-refractivity contribution is 0.0941. The Labute approximate surface area is 182 Å². The number of likely N-dealkylation sites (N-methyl/N-ethyl adjacent to an activating group) is 1. The molecule has 1 amide bonds. The molecule has 0 atom stereocenters. The number of nitrogens with one attached hydrogen (secondary N) is 1. The third-order valence-electron chi connectivity index (χ3n) is 4.40. The van der Waals surface area contributed by atoms with E-state index >= 15 is 0 Å². The van der Waals surface area contributed by atoms with Gasteiger partial charge in [-0.2, -0.15) is 9.78 Å². The molecule has 0 fully saturated rings. The van der Waals surface area contributed by atoms with Crippen LogP contribution in [0.5, 0.6) is 0 Å². The van der Waals surface area contributed by atoms with E-state index in [0.717, 1.165) is 9.25 Å². The lowest BCUT2D eigenvalue weighted by Gasteiger charge is -2.13. The molecule has 0 saturated heterocycles. The first kappa shape index (κ1) is 22.4. The fourth-order valence-corrected chi connectivity index (χ4v) is 3.05. The van der Waals surface area contributed by atoms with Crippen molar-refractivity contribution >= 4 is 17.5 Å². The Morgan fingerprint density at radius 3 is 2.58 bits per heavy atom. The summed E-state index contributed by atoms with van der Waals surface area (Å²) in [5.41, 5.74) is -1.42. The van der Waals surface area contributed by atoms with Crippen LogP contribution in [0.25, 0.3) is 5.69 Å². The molecule has 1 N–H and O–H groups in total. The Morgan fingerprint density at radius 1 is 1.16 bits per heavy atom. The molecular formula is C21H21ClFN5O3. The Morgan fingerprint density at radius 2 is 1.90 bits per heavy atom. The lowest BCUT2D eigenvalue weighted by Crippen LogP contribution is -2.46. The van der Waals surface area contributed by atoms with Gasteiger partial charge >= 0.3 is 5.69 Å². The molecule has 1 heterocycles. The molecule has 2 aromatic carbocycles. The summed E-state index contributed by atoms with van der Waals surface area (Å²) >= 11 is 6.03. The van der Waals surface area contributed by atoms with E-state index in [-0.39, 0.29) is 18.8 Å². The van der Waals surface area contributed by atoms with Crippen molar-refractivity contribution in [2.24, 2.45) is 0 Å². The largest absolute Gasteiger partial charge is 0.352 e. The second-order valence-corrected chi connectivity index (χ2v) is 7.54. The monoisotopic (exact) mass is 445 g/mol. The van der Waals surface area contributed by atoms with Gasteiger partial charge in [0.05, 0.1) is 12.2 Å². The van der Waals surface area contributed by atoms with Gasteiger partial charge in [0, 0.05) is 18.1 Å². The van der Waals surface area contributed by atoms with Gasteiger partial charge in [-0.25, -0.2) is 9.18 Å². The first-order valence-corrected chi connectivity index (χ1v) is 9.81. The highest BCUT2D eigenvalue weighted by Gasteiger charge is 2.20. The van der Waals surface area contributed by atoms with Crippen LogP contribution in [-0.4, -0.2) is 52.3 Å². The van der Waals surface area contributed by atoms with Crippen LogP contribution in [0.4, 0.5) is 4.39 Å². The van der Waals surface area contributed by atoms with Crippen molar-refractivity contribution in [3.63, 3.8) is 0 Å². The van der Waals surface area contributed by atoms with Crippen LogP contribution < -0.4 is 16.6 Å². The highest BCUT2D eigenvalue weighted by molar-refractivity contribution is 6.30. The van der Waals surface area contributed by atoms with Gasteiger partial charge in [0.1, 0.15) is 5.82 Å². The fourth-order valence-electron chi connectivity index (χ4n) is 2.87. The van der Waals surface area contributed by atoms with Gasteiger partial charge in [-0.05, 0) is 50.0 Å². The van der Waals surface area contributed by atoms with Gasteiger partial charge in [-0.3, -0.25) is 14.2 Å². The maximum atomic E-state index is 13.6. The summed E-state index contributed by atoms with van der Waals surface area (Å²) in [6.07, 6.45) is 0. The molecule has 0 unspecified atom stereocenters. The van der Waals surface area contributed by atoms with Crippen molar-refractivity contribution in [2.75, 3.05) is 27.2 Å². The molecular weight excluding hydrogens is 425 g/mol. The molecule has 8 nitrogen and oxygen atoms in total. The summed E-state index contributed by atoms with van der Waals surface area (Å²) < 4.78 is 15.4. The van der Waals surface area contributed by atoms with Gasteiger partial charge in [0.2, 0.25) is 5.69 Å². The Bertz CT molecular complexity index is 1220. The Balaban J connectivity index is 2.12. The summed E-state index contributed by atoms with van der Waals surface area (Å²) in [6.45, 7) is 0.612. The predicted molar refractivity (Wildman–Crippen MR) is 115 cm³/mol. The first-order chi connectivity index (χ1) is 14.8. The number of carbonyl (C=O) groups excluding carboxylic acids is 1. The van der Waals surface area contributed by atoms with Crippen molar-refractivity contribution in [1.82, 2.24) is 24.6 Å². The Kier molecular flexibility index (Phi) is 6.98. The van der Waals surface area contributed by atoms with E-state index in [0.29, 0.717) is 17.1 Å². The predicted octanol–water partition coefficient (Wildman–Crippen LogP) is 1.53. The van der Waals surface area contributed by atoms with Crippen molar-refractivity contribution in [3.8, 4) is 5.69 Å². The average molecular weight is 446 g/mol. The smallest absolute Gasteiger partial charge is 0.349 e. The number of halogens is 2. The summed E-state index contributed by atoms with van der Waals surface area (Å²) in [5, 5.41) is 6.99. The standard InChI is InChI=1S/C21H21ClFN5O3/c1-26(2)10-9-24-19(29)18-20(30)27(13-14-5-3-7-16(23)11-14)21(31)28(25-18)17-8-4-6-15(22)12-17/h3-8,11-12H,9-10,13H2,1-2H3,(H,24,29). The van der Waals surface area contributed by atoms with E-state index in [4.69, 9.17) is 11.6 Å². The average Bonchev–Trinajstić information content (AvgIpc) is 2.71. The second kappa shape index (κ2) is 9.67. The van der Waals surface area contributed by atoms with E-state index < -0.39 is 28.7 Å². The zero-order valence-corrected chi connectivity index (χ0v) is 17.8. The van der Waals surface area contributed by atoms with E-state index in [9.17, 15) is 18.8 Å². The molecule has 162 valence electrons. The van der Waals surface area contributed by atoms with Gasteiger partial charge < -0.3 is 10.2 Å². The van der Waals surface area contributed by atoms with Gasteiger partial charge in [-0.1, -0.05) is 29.8 Å². The van der Waals surface area contributed by atoms with Crippen LogP contribution in [0.15, 0.2) is 58.1 Å². The summed E-state index contributed by atoms with van der Waals surface area (Å²) in [5.74, 6) is -1.22. The molecule has 10 heteroatoms. The second-order valence-electron chi connectivity index (χ2n) is 7.10. The number of hydrogen-bond donors (Lipinski definition) is 1. The van der Waals surface area contributed by atoms with E-state index in [1.807, 2.05) is 19.0 Å². The molecule has 0 spiro atoms. The van der Waals surface area contributed by atoms with Crippen molar-refractivity contribution < 1.29 is 9.18 Å². The maximum absolute atomic E-state index is 13.6. The number of nitrogens with zero attached hydrogens (tertiary/aromatic N) is 4. The number of rotatable bonds is 7. The quantitative estimate of drug-likeness (QED) is 0.595. The topological polar surface area (TPSA) is 89.2 Å². The lowest BCUT2D eigenvalue weighted by atomic mass is 10.2. The maximum Gasteiger partial charge on any atom is 0.352 e. The van der Waals surface area contributed by atoms with Crippen molar-refractivity contribution in [2.45, 2.75) is 6.54 Å². The minimum atomic E-state index is -0.866. The van der Waals surface area contributed by atoms with Crippen LogP contribution >= 0.6 is 11.6 Å². The molecule has 3 aromatic rings. The number of carbonyl (C=O) groups is 1. The number of benzene rings is 2. The van der Waals surface area contributed by atoms with Crippen LogP contribution in [-0.2, 0) is 6.54 Å². The molecule has 1 aromatic heterocycles. The minimum absolute atomic E-state index is 0.226. The SMILES string of the molecule is CN(C)CCNC(=O)c1nn(-c2cccc(Cl)c2)c(=O)n(Cc2cccc(F)c2)c1=O. The third-order valence-corrected chi connectivity index (χ3v) is 4.64. The molecule has 0 bridgehead atoms. The van der Waals surface area contributed by atoms with Crippen molar-refractivity contribution in [3.05, 3.63) is 91.5 Å². The molecule has 0 aliphatic heterocycles. The third kappa shape index (κ3) is 5.44. The number of amides is 1. The minimum Gasteiger partial charge on any atom is -0.349 e. The molecule has 0 aliphatic carbocycles. The molecule has 0 saturated carbocycles. The van der Waals surface area contributed by atoms with Gasteiger partial charge in [0.15, 0.2) is 0 Å². The zero-order valence-electron chi connectivity index (χ0n) is 17.0. The van der Waals surface area contributed by atoms with Crippen LogP contribution in [0.2, 0.25) is 5.02 Å². The number of aromatic nitrogens is 3. The highest BCUT2D eigenvalue weighted by atomic mass is 35.5. The highest BCUT2D eigenvalue weighted by Crippen LogP contribution is 2.12. The van der Waals surface area contributed by atoms with Gasteiger partial charge in [-0.15, -0.1) is 0 Å². The van der Waals surface area contributed by atoms with Crippen LogP contribution in [0, 0.1) is 5.82 Å².